The molecule has 3 heterocycles. The lowest BCUT2D eigenvalue weighted by molar-refractivity contribution is -0.121. The highest BCUT2D eigenvalue weighted by atomic mass is 19.1. The van der Waals surface area contributed by atoms with Crippen molar-refractivity contribution in [2.75, 3.05) is 6.79 Å². The van der Waals surface area contributed by atoms with E-state index >= 15 is 0 Å². The molecule has 4 aromatic rings. The lowest BCUT2D eigenvalue weighted by atomic mass is 10.2. The van der Waals surface area contributed by atoms with Crippen molar-refractivity contribution in [1.82, 2.24) is 29.9 Å². The molecule has 1 N–H and O–H groups in total. The number of nitrogens with one attached hydrogen (secondary N) is 1. The van der Waals surface area contributed by atoms with Crippen molar-refractivity contribution in [2.24, 2.45) is 0 Å². The molecule has 0 unspecified atom stereocenters. The normalized spacial score (nSPS) is 12.3. The number of hydrogen-bond donors (Lipinski definition) is 1. The summed E-state index contributed by atoms with van der Waals surface area (Å²) in [6, 6.07) is 11.4. The molecular weight excluding hydrogens is 419 g/mol. The van der Waals surface area contributed by atoms with E-state index in [0.717, 1.165) is 5.56 Å². The second kappa shape index (κ2) is 8.10. The highest BCUT2D eigenvalue weighted by molar-refractivity contribution is 5.76. The Morgan fingerprint density at radius 3 is 2.88 bits per heavy atom. The standard InChI is InChI=1S/C21H17FN6O4/c22-15-3-1-2-14(6-15)9-28-20-19(25-26-28)21(30)27(11-24-20)10-18(29)23-8-13-4-5-16-17(7-13)32-12-31-16/h1-7,11H,8-10,12H2,(H,23,29). The molecule has 0 bridgehead atoms. The molecule has 2 aromatic carbocycles. The fraction of sp³-hybridized carbons (Fsp3) is 0.190. The van der Waals surface area contributed by atoms with Gasteiger partial charge < -0.3 is 14.8 Å². The second-order valence-corrected chi connectivity index (χ2v) is 7.19. The van der Waals surface area contributed by atoms with Gasteiger partial charge in [0.2, 0.25) is 12.7 Å². The highest BCUT2D eigenvalue weighted by Gasteiger charge is 2.16. The molecular formula is C21H17FN6O4. The topological polar surface area (TPSA) is 113 Å². The fourth-order valence-corrected chi connectivity index (χ4v) is 3.38. The van der Waals surface area contributed by atoms with Crippen LogP contribution in [0, 0.1) is 5.82 Å². The minimum Gasteiger partial charge on any atom is -0.454 e. The van der Waals surface area contributed by atoms with Crippen molar-refractivity contribution in [3.05, 3.63) is 76.1 Å². The molecule has 0 fully saturated rings. The largest absolute Gasteiger partial charge is 0.454 e. The first kappa shape index (κ1) is 19.7. The van der Waals surface area contributed by atoms with Crippen molar-refractivity contribution < 1.29 is 18.7 Å². The molecule has 2 aromatic heterocycles. The molecule has 1 amide bonds. The van der Waals surface area contributed by atoms with Gasteiger partial charge in [-0.2, -0.15) is 0 Å². The van der Waals surface area contributed by atoms with Crippen LogP contribution in [0.15, 0.2) is 53.6 Å². The van der Waals surface area contributed by atoms with E-state index in [0.29, 0.717) is 17.1 Å². The Labute approximate surface area is 180 Å². The van der Waals surface area contributed by atoms with E-state index < -0.39 is 5.56 Å². The molecule has 1 aliphatic rings. The molecule has 1 aliphatic heterocycles. The third-order valence-electron chi connectivity index (χ3n) is 4.95. The minimum atomic E-state index is -0.487. The van der Waals surface area contributed by atoms with Crippen LogP contribution in [-0.2, 0) is 24.4 Å². The number of ether oxygens (including phenoxy) is 2. The molecule has 0 spiro atoms. The Kier molecular flexibility index (Phi) is 4.98. The van der Waals surface area contributed by atoms with Crippen LogP contribution in [-0.4, -0.2) is 37.2 Å². The zero-order valence-electron chi connectivity index (χ0n) is 16.7. The molecule has 5 rings (SSSR count). The molecule has 10 nitrogen and oxygen atoms in total. The number of carbonyl (C=O) groups is 1. The summed E-state index contributed by atoms with van der Waals surface area (Å²) in [5, 5.41) is 10.6. The van der Waals surface area contributed by atoms with Crippen molar-refractivity contribution in [2.45, 2.75) is 19.6 Å². The molecule has 0 saturated heterocycles. The SMILES string of the molecule is O=C(Cn1cnc2c(nnn2Cc2cccc(F)c2)c1=O)NCc1ccc2c(c1)OCO2. The van der Waals surface area contributed by atoms with Gasteiger partial charge in [0, 0.05) is 6.54 Å². The van der Waals surface area contributed by atoms with Crippen molar-refractivity contribution in [3.63, 3.8) is 0 Å². The molecule has 0 aliphatic carbocycles. The fourth-order valence-electron chi connectivity index (χ4n) is 3.38. The van der Waals surface area contributed by atoms with Crippen LogP contribution in [0.1, 0.15) is 11.1 Å². The summed E-state index contributed by atoms with van der Waals surface area (Å²) in [6.45, 7) is 0.434. The third-order valence-corrected chi connectivity index (χ3v) is 4.95. The van der Waals surface area contributed by atoms with Crippen LogP contribution >= 0.6 is 0 Å². The number of nitrogens with zero attached hydrogens (tertiary/aromatic N) is 5. The number of aromatic nitrogens is 5. The van der Waals surface area contributed by atoms with Crippen molar-refractivity contribution in [3.8, 4) is 11.5 Å². The van der Waals surface area contributed by atoms with Gasteiger partial charge in [-0.15, -0.1) is 5.10 Å². The predicted octanol–water partition coefficient (Wildman–Crippen LogP) is 1.22. The monoisotopic (exact) mass is 436 g/mol. The smallest absolute Gasteiger partial charge is 0.283 e. The minimum absolute atomic E-state index is 0.0347. The maximum absolute atomic E-state index is 13.4. The summed E-state index contributed by atoms with van der Waals surface area (Å²) >= 11 is 0. The van der Waals surface area contributed by atoms with E-state index in [1.165, 1.54) is 27.7 Å². The van der Waals surface area contributed by atoms with Crippen LogP contribution in [0.25, 0.3) is 11.2 Å². The quantitative estimate of drug-likeness (QED) is 0.484. The third kappa shape index (κ3) is 3.87. The summed E-state index contributed by atoms with van der Waals surface area (Å²) in [7, 11) is 0. The Balaban J connectivity index is 1.27. The van der Waals surface area contributed by atoms with Crippen LogP contribution in [0.2, 0.25) is 0 Å². The first-order valence-corrected chi connectivity index (χ1v) is 9.75. The average Bonchev–Trinajstić information content (AvgIpc) is 3.41. The molecule has 32 heavy (non-hydrogen) atoms. The van der Waals surface area contributed by atoms with Crippen molar-refractivity contribution in [1.29, 1.82) is 0 Å². The highest BCUT2D eigenvalue weighted by Crippen LogP contribution is 2.32. The zero-order chi connectivity index (χ0) is 22.1. The van der Waals surface area contributed by atoms with Crippen molar-refractivity contribution >= 4 is 17.1 Å². The Morgan fingerprint density at radius 2 is 2.00 bits per heavy atom. The first-order valence-electron chi connectivity index (χ1n) is 9.75. The van der Waals surface area contributed by atoms with Gasteiger partial charge in [-0.3, -0.25) is 14.2 Å². The molecule has 11 heteroatoms. The summed E-state index contributed by atoms with van der Waals surface area (Å²) in [5.74, 6) is 0.562. The molecule has 0 atom stereocenters. The van der Waals surface area contributed by atoms with Crippen LogP contribution < -0.4 is 20.3 Å². The second-order valence-electron chi connectivity index (χ2n) is 7.19. The van der Waals surface area contributed by atoms with Crippen LogP contribution in [0.5, 0.6) is 11.5 Å². The van der Waals surface area contributed by atoms with Gasteiger partial charge in [0.25, 0.3) is 5.56 Å². The van der Waals surface area contributed by atoms with Crippen LogP contribution in [0.3, 0.4) is 0 Å². The number of benzene rings is 2. The van der Waals surface area contributed by atoms with E-state index in [1.54, 1.807) is 24.3 Å². The summed E-state index contributed by atoms with van der Waals surface area (Å²) in [5.41, 5.74) is 1.30. The maximum atomic E-state index is 13.4. The predicted molar refractivity (Wildman–Crippen MR) is 109 cm³/mol. The summed E-state index contributed by atoms with van der Waals surface area (Å²) in [6.07, 6.45) is 1.27. The number of hydrogen-bond acceptors (Lipinski definition) is 7. The Morgan fingerprint density at radius 1 is 1.12 bits per heavy atom. The molecule has 0 radical (unpaired) electrons. The molecule has 162 valence electrons. The van der Waals surface area contributed by atoms with Gasteiger partial charge in [-0.1, -0.05) is 23.4 Å². The number of fused-ring (bicyclic) bond motifs is 2. The van der Waals surface area contributed by atoms with E-state index in [1.807, 2.05) is 6.07 Å². The van der Waals surface area contributed by atoms with Gasteiger partial charge in [0.1, 0.15) is 18.7 Å². The van der Waals surface area contributed by atoms with Gasteiger partial charge in [0.15, 0.2) is 22.7 Å². The number of carbonyl (C=O) groups excluding carboxylic acids is 1. The lowest BCUT2D eigenvalue weighted by Crippen LogP contribution is -2.32. The van der Waals surface area contributed by atoms with Gasteiger partial charge >= 0.3 is 0 Å². The van der Waals surface area contributed by atoms with Crippen LogP contribution in [0.4, 0.5) is 4.39 Å². The van der Waals surface area contributed by atoms with E-state index in [9.17, 15) is 14.0 Å². The molecule has 0 saturated carbocycles. The zero-order valence-corrected chi connectivity index (χ0v) is 16.7. The number of rotatable bonds is 6. The Hall–Kier alpha value is -4.28. The Bertz CT molecular complexity index is 1380. The van der Waals surface area contributed by atoms with E-state index in [2.05, 4.69) is 20.6 Å². The first-order chi connectivity index (χ1) is 15.6. The number of halogens is 1. The average molecular weight is 436 g/mol. The summed E-state index contributed by atoms with van der Waals surface area (Å²) < 4.78 is 26.6. The van der Waals surface area contributed by atoms with E-state index in [4.69, 9.17) is 9.47 Å². The van der Waals surface area contributed by atoms with Gasteiger partial charge in [-0.05, 0) is 35.4 Å². The number of amides is 1. The lowest BCUT2D eigenvalue weighted by Gasteiger charge is -2.08. The van der Waals surface area contributed by atoms with Gasteiger partial charge in [0.05, 0.1) is 6.54 Å². The van der Waals surface area contributed by atoms with Gasteiger partial charge in [-0.25, -0.2) is 14.1 Å². The van der Waals surface area contributed by atoms with E-state index in [-0.39, 0.29) is 49.3 Å². The summed E-state index contributed by atoms with van der Waals surface area (Å²) in [4.78, 5) is 29.3. The maximum Gasteiger partial charge on any atom is 0.283 e.